The maximum absolute atomic E-state index is 13.6. The zero-order valence-corrected chi connectivity index (χ0v) is 13.7. The van der Waals surface area contributed by atoms with Gasteiger partial charge in [0.05, 0.1) is 17.6 Å². The van der Waals surface area contributed by atoms with Crippen LogP contribution in [-0.2, 0) is 4.79 Å². The van der Waals surface area contributed by atoms with E-state index in [1.54, 1.807) is 24.3 Å². The molecule has 1 amide bonds. The molecular formula is C18H14F2N4O2. The lowest BCUT2D eigenvalue weighted by atomic mass is 10.2. The lowest BCUT2D eigenvalue weighted by molar-refractivity contribution is -0.119. The highest BCUT2D eigenvalue weighted by Gasteiger charge is 2.20. The zero-order valence-electron chi connectivity index (χ0n) is 13.7. The molecule has 1 atom stereocenters. The Labute approximate surface area is 147 Å². The van der Waals surface area contributed by atoms with E-state index in [0.717, 1.165) is 22.9 Å². The van der Waals surface area contributed by atoms with Gasteiger partial charge in [-0.3, -0.25) is 4.79 Å². The van der Waals surface area contributed by atoms with Crippen LogP contribution in [0.3, 0.4) is 0 Å². The van der Waals surface area contributed by atoms with Crippen molar-refractivity contribution in [1.82, 2.24) is 14.8 Å². The van der Waals surface area contributed by atoms with Crippen molar-refractivity contribution < 1.29 is 13.6 Å². The summed E-state index contributed by atoms with van der Waals surface area (Å²) in [7, 11) is 0. The van der Waals surface area contributed by atoms with Crippen LogP contribution < -0.4 is 11.0 Å². The third-order valence-corrected chi connectivity index (χ3v) is 3.72. The first kappa shape index (κ1) is 17.4. The van der Waals surface area contributed by atoms with Gasteiger partial charge in [0, 0.05) is 11.6 Å². The molecule has 26 heavy (non-hydrogen) atoms. The predicted molar refractivity (Wildman–Crippen MR) is 91.4 cm³/mol. The number of carbonyl (C=O) groups is 1. The molecule has 0 aliphatic rings. The summed E-state index contributed by atoms with van der Waals surface area (Å²) in [4.78, 5) is 28.4. The van der Waals surface area contributed by atoms with Crippen molar-refractivity contribution in [2.45, 2.75) is 13.0 Å². The number of aromatic nitrogens is 3. The first-order valence-corrected chi connectivity index (χ1v) is 7.73. The molecule has 132 valence electrons. The Morgan fingerprint density at radius 3 is 2.58 bits per heavy atom. The average Bonchev–Trinajstić information content (AvgIpc) is 2.64. The van der Waals surface area contributed by atoms with E-state index in [2.05, 4.69) is 15.4 Å². The number of rotatable bonds is 4. The van der Waals surface area contributed by atoms with Crippen LogP contribution in [-0.4, -0.2) is 20.7 Å². The molecule has 1 heterocycles. The maximum atomic E-state index is 13.6. The second-order valence-corrected chi connectivity index (χ2v) is 5.52. The molecule has 1 N–H and O–H groups in total. The molecular weight excluding hydrogens is 342 g/mol. The van der Waals surface area contributed by atoms with Crippen LogP contribution in [0.2, 0.25) is 0 Å². The second-order valence-electron chi connectivity index (χ2n) is 5.52. The van der Waals surface area contributed by atoms with Gasteiger partial charge in [0.25, 0.3) is 0 Å². The smallest absolute Gasteiger partial charge is 0.322 e. The van der Waals surface area contributed by atoms with Crippen molar-refractivity contribution in [3.8, 4) is 11.3 Å². The second kappa shape index (κ2) is 7.22. The first-order valence-electron chi connectivity index (χ1n) is 7.73. The van der Waals surface area contributed by atoms with Gasteiger partial charge in [0.2, 0.25) is 5.91 Å². The summed E-state index contributed by atoms with van der Waals surface area (Å²) in [5, 5.41) is 6.21. The molecule has 0 unspecified atom stereocenters. The maximum Gasteiger partial charge on any atom is 0.365 e. The van der Waals surface area contributed by atoms with Gasteiger partial charge >= 0.3 is 5.69 Å². The van der Waals surface area contributed by atoms with Gasteiger partial charge < -0.3 is 5.32 Å². The van der Waals surface area contributed by atoms with Crippen molar-refractivity contribution in [1.29, 1.82) is 0 Å². The topological polar surface area (TPSA) is 76.9 Å². The quantitative estimate of drug-likeness (QED) is 0.780. The molecule has 0 aliphatic heterocycles. The molecule has 0 bridgehead atoms. The van der Waals surface area contributed by atoms with Gasteiger partial charge in [0.1, 0.15) is 17.7 Å². The van der Waals surface area contributed by atoms with Crippen LogP contribution >= 0.6 is 0 Å². The van der Waals surface area contributed by atoms with Crippen LogP contribution in [0.1, 0.15) is 13.0 Å². The molecule has 0 saturated heterocycles. The number of carbonyl (C=O) groups excluding carboxylic acids is 1. The van der Waals surface area contributed by atoms with E-state index in [4.69, 9.17) is 0 Å². The molecule has 3 rings (SSSR count). The number of benzene rings is 2. The van der Waals surface area contributed by atoms with E-state index in [1.807, 2.05) is 6.07 Å². The Morgan fingerprint density at radius 2 is 1.88 bits per heavy atom. The summed E-state index contributed by atoms with van der Waals surface area (Å²) in [6.45, 7) is 1.41. The molecule has 0 radical (unpaired) electrons. The number of halogens is 2. The van der Waals surface area contributed by atoms with E-state index in [1.165, 1.54) is 13.1 Å². The minimum absolute atomic E-state index is 0.316. The Kier molecular flexibility index (Phi) is 4.83. The minimum atomic E-state index is -1.07. The Bertz CT molecular complexity index is 1010. The van der Waals surface area contributed by atoms with Crippen LogP contribution in [0.25, 0.3) is 11.3 Å². The number of nitrogens with zero attached hydrogens (tertiary/aromatic N) is 3. The van der Waals surface area contributed by atoms with Gasteiger partial charge in [-0.05, 0) is 19.1 Å². The highest BCUT2D eigenvalue weighted by Crippen LogP contribution is 2.17. The molecule has 8 heteroatoms. The molecule has 1 aromatic heterocycles. The lowest BCUT2D eigenvalue weighted by Gasteiger charge is -2.14. The Balaban J connectivity index is 1.83. The monoisotopic (exact) mass is 356 g/mol. The SMILES string of the molecule is C[C@@H](C(=O)Nc1cc(F)ccc1F)n1ncc(-c2ccccc2)nc1=O. The summed E-state index contributed by atoms with van der Waals surface area (Å²) < 4.78 is 27.7. The van der Waals surface area contributed by atoms with E-state index >= 15 is 0 Å². The fourth-order valence-corrected chi connectivity index (χ4v) is 2.30. The summed E-state index contributed by atoms with van der Waals surface area (Å²) >= 11 is 0. The normalized spacial score (nSPS) is 11.8. The predicted octanol–water partition coefficient (Wildman–Crippen LogP) is 2.78. The third kappa shape index (κ3) is 3.64. The standard InChI is InChI=1S/C18H14F2N4O2/c1-11(17(25)22-15-9-13(19)7-8-14(15)20)24-18(26)23-16(10-21-24)12-5-3-2-4-6-12/h2-11H,1H3,(H,22,25)/t11-/m0/s1. The molecule has 6 nitrogen and oxygen atoms in total. The summed E-state index contributed by atoms with van der Waals surface area (Å²) in [6, 6.07) is 10.6. The summed E-state index contributed by atoms with van der Waals surface area (Å²) in [5.74, 6) is -2.21. The van der Waals surface area contributed by atoms with Crippen molar-refractivity contribution in [2.24, 2.45) is 0 Å². The van der Waals surface area contributed by atoms with Crippen molar-refractivity contribution in [3.63, 3.8) is 0 Å². The highest BCUT2D eigenvalue weighted by atomic mass is 19.1. The number of hydrogen-bond donors (Lipinski definition) is 1. The molecule has 0 fully saturated rings. The van der Waals surface area contributed by atoms with Gasteiger partial charge in [-0.15, -0.1) is 0 Å². The van der Waals surface area contributed by atoms with Gasteiger partial charge in [-0.2, -0.15) is 10.1 Å². The fourth-order valence-electron chi connectivity index (χ4n) is 2.30. The van der Waals surface area contributed by atoms with E-state index in [0.29, 0.717) is 11.3 Å². The van der Waals surface area contributed by atoms with E-state index < -0.39 is 29.3 Å². The average molecular weight is 356 g/mol. The van der Waals surface area contributed by atoms with Crippen LogP contribution in [0.4, 0.5) is 14.5 Å². The number of hydrogen-bond acceptors (Lipinski definition) is 4. The summed E-state index contributed by atoms with van der Waals surface area (Å²) in [5.41, 5.74) is 0.0382. The molecule has 0 spiro atoms. The Hall–Kier alpha value is -3.42. The molecule has 3 aromatic rings. The summed E-state index contributed by atoms with van der Waals surface area (Å²) in [6.07, 6.45) is 1.36. The molecule has 0 saturated carbocycles. The van der Waals surface area contributed by atoms with Gasteiger partial charge in [-0.25, -0.2) is 18.3 Å². The third-order valence-electron chi connectivity index (χ3n) is 3.72. The highest BCUT2D eigenvalue weighted by molar-refractivity contribution is 5.93. The van der Waals surface area contributed by atoms with Crippen molar-refractivity contribution in [2.75, 3.05) is 5.32 Å². The molecule has 0 aliphatic carbocycles. The largest absolute Gasteiger partial charge is 0.365 e. The van der Waals surface area contributed by atoms with Gasteiger partial charge in [-0.1, -0.05) is 30.3 Å². The van der Waals surface area contributed by atoms with Crippen molar-refractivity contribution >= 4 is 11.6 Å². The van der Waals surface area contributed by atoms with Crippen molar-refractivity contribution in [3.05, 3.63) is 76.8 Å². The van der Waals surface area contributed by atoms with E-state index in [-0.39, 0.29) is 5.69 Å². The van der Waals surface area contributed by atoms with Crippen LogP contribution in [0.15, 0.2) is 59.5 Å². The number of anilines is 1. The van der Waals surface area contributed by atoms with Gasteiger partial charge in [0.15, 0.2) is 0 Å². The van der Waals surface area contributed by atoms with Crippen LogP contribution in [0.5, 0.6) is 0 Å². The fraction of sp³-hybridized carbons (Fsp3) is 0.111. The lowest BCUT2D eigenvalue weighted by Crippen LogP contribution is -2.35. The first-order chi connectivity index (χ1) is 12.5. The molecule has 2 aromatic carbocycles. The minimum Gasteiger partial charge on any atom is -0.322 e. The number of nitrogens with one attached hydrogen (secondary N) is 1. The number of amides is 1. The Morgan fingerprint density at radius 1 is 1.15 bits per heavy atom. The zero-order chi connectivity index (χ0) is 18.7. The van der Waals surface area contributed by atoms with E-state index in [9.17, 15) is 18.4 Å². The van der Waals surface area contributed by atoms with Crippen LogP contribution in [0, 0.1) is 11.6 Å².